The van der Waals surface area contributed by atoms with Crippen molar-refractivity contribution in [3.8, 4) is 6.07 Å². The third-order valence-corrected chi connectivity index (χ3v) is 6.57. The number of rotatable bonds is 7. The molecule has 26 heavy (non-hydrogen) atoms. The minimum absolute atomic E-state index is 0.197. The number of amides is 1. The molecule has 2 rings (SSSR count). The molecular formula is C18H26N4O3S. The van der Waals surface area contributed by atoms with Gasteiger partial charge in [-0.3, -0.25) is 9.69 Å². The van der Waals surface area contributed by atoms with Crippen molar-refractivity contribution in [2.24, 2.45) is 0 Å². The molecule has 1 saturated heterocycles. The third-order valence-electron chi connectivity index (χ3n) is 4.67. The molecule has 8 heteroatoms. The van der Waals surface area contributed by atoms with E-state index in [-0.39, 0.29) is 10.8 Å². The van der Waals surface area contributed by atoms with Gasteiger partial charge in [-0.25, -0.2) is 8.42 Å². The first kappa shape index (κ1) is 20.4. The molecule has 1 unspecified atom stereocenters. The lowest BCUT2D eigenvalue weighted by Crippen LogP contribution is -2.40. The molecule has 1 aliphatic rings. The number of hydrogen-bond acceptors (Lipinski definition) is 5. The summed E-state index contributed by atoms with van der Waals surface area (Å²) in [5, 5.41) is 11.4. The lowest BCUT2D eigenvalue weighted by Gasteiger charge is -2.26. The van der Waals surface area contributed by atoms with Gasteiger partial charge in [0, 0.05) is 31.7 Å². The van der Waals surface area contributed by atoms with Gasteiger partial charge in [-0.2, -0.15) is 9.57 Å². The van der Waals surface area contributed by atoms with E-state index in [0.717, 1.165) is 19.3 Å². The lowest BCUT2D eigenvalue weighted by molar-refractivity contribution is -0.120. The van der Waals surface area contributed by atoms with E-state index >= 15 is 0 Å². The van der Waals surface area contributed by atoms with Gasteiger partial charge in [0.2, 0.25) is 15.9 Å². The predicted octanol–water partition coefficient (Wildman–Crippen LogP) is 2.03. The second-order valence-electron chi connectivity index (χ2n) is 6.55. The first-order valence-electron chi connectivity index (χ1n) is 8.84. The number of benzene rings is 1. The van der Waals surface area contributed by atoms with E-state index in [1.54, 1.807) is 37.1 Å². The maximum absolute atomic E-state index is 12.8. The van der Waals surface area contributed by atoms with Crippen molar-refractivity contribution in [1.29, 1.82) is 5.26 Å². The standard InChI is InChI=1S/C18H26N4O3S/c1-15(21(2)11-7-10-19)18(23)20-16-8-6-9-17(14-16)26(24,25)22-12-4-3-5-13-22/h6,8-9,14-15H,3-5,7,11-13H2,1-2H3,(H,20,23). The number of piperidine rings is 1. The summed E-state index contributed by atoms with van der Waals surface area (Å²) in [6, 6.07) is 8.00. The molecule has 0 radical (unpaired) electrons. The van der Waals surface area contributed by atoms with Gasteiger partial charge < -0.3 is 5.32 Å². The van der Waals surface area contributed by atoms with Gasteiger partial charge in [-0.15, -0.1) is 0 Å². The molecule has 1 aliphatic heterocycles. The van der Waals surface area contributed by atoms with Crippen molar-refractivity contribution in [3.05, 3.63) is 24.3 Å². The Morgan fingerprint density at radius 2 is 2.04 bits per heavy atom. The van der Waals surface area contributed by atoms with E-state index in [2.05, 4.69) is 11.4 Å². The Balaban J connectivity index is 2.09. The lowest BCUT2D eigenvalue weighted by atomic mass is 10.2. The van der Waals surface area contributed by atoms with Gasteiger partial charge >= 0.3 is 0 Å². The summed E-state index contributed by atoms with van der Waals surface area (Å²) in [5.74, 6) is -0.238. The van der Waals surface area contributed by atoms with Crippen LogP contribution in [0.25, 0.3) is 0 Å². The molecule has 0 spiro atoms. The van der Waals surface area contributed by atoms with E-state index in [1.807, 2.05) is 0 Å². The SMILES string of the molecule is CC(C(=O)Nc1cccc(S(=O)(=O)N2CCCCC2)c1)N(C)CCC#N. The highest BCUT2D eigenvalue weighted by Gasteiger charge is 2.26. The number of nitriles is 1. The molecule has 142 valence electrons. The summed E-state index contributed by atoms with van der Waals surface area (Å²) in [5.41, 5.74) is 0.452. The fraction of sp³-hybridized carbons (Fsp3) is 0.556. The summed E-state index contributed by atoms with van der Waals surface area (Å²) in [6.07, 6.45) is 3.15. The normalized spacial score (nSPS) is 16.8. The highest BCUT2D eigenvalue weighted by molar-refractivity contribution is 7.89. The second kappa shape index (κ2) is 9.12. The van der Waals surface area contributed by atoms with Gasteiger partial charge in [-0.05, 0) is 45.0 Å². The topological polar surface area (TPSA) is 93.5 Å². The van der Waals surface area contributed by atoms with Crippen molar-refractivity contribution in [2.45, 2.75) is 43.5 Å². The molecule has 7 nitrogen and oxygen atoms in total. The van der Waals surface area contributed by atoms with E-state index < -0.39 is 16.1 Å². The molecule has 0 aliphatic carbocycles. The van der Waals surface area contributed by atoms with Crippen LogP contribution in [0.1, 0.15) is 32.6 Å². The molecule has 0 aromatic heterocycles. The number of nitrogens with zero attached hydrogens (tertiary/aromatic N) is 3. The van der Waals surface area contributed by atoms with Crippen LogP contribution >= 0.6 is 0 Å². The molecule has 1 fully saturated rings. The van der Waals surface area contributed by atoms with Crippen LogP contribution in [0.3, 0.4) is 0 Å². The van der Waals surface area contributed by atoms with Crippen molar-refractivity contribution >= 4 is 21.6 Å². The molecule has 1 heterocycles. The first-order valence-corrected chi connectivity index (χ1v) is 10.3. The van der Waals surface area contributed by atoms with Crippen LogP contribution in [0.5, 0.6) is 0 Å². The van der Waals surface area contributed by atoms with Crippen LogP contribution in [-0.2, 0) is 14.8 Å². The van der Waals surface area contributed by atoms with Crippen LogP contribution in [0, 0.1) is 11.3 Å². The van der Waals surface area contributed by atoms with Crippen LogP contribution < -0.4 is 5.32 Å². The third kappa shape index (κ3) is 5.04. The molecular weight excluding hydrogens is 352 g/mol. The number of hydrogen-bond donors (Lipinski definition) is 1. The number of likely N-dealkylation sites (N-methyl/N-ethyl adjacent to an activating group) is 1. The zero-order chi connectivity index (χ0) is 19.2. The Bertz CT molecular complexity index is 767. The van der Waals surface area contributed by atoms with Crippen molar-refractivity contribution in [3.63, 3.8) is 0 Å². The monoisotopic (exact) mass is 378 g/mol. The summed E-state index contributed by atoms with van der Waals surface area (Å²) < 4.78 is 27.0. The number of carbonyl (C=O) groups is 1. The number of nitrogens with one attached hydrogen (secondary N) is 1. The van der Waals surface area contributed by atoms with Gasteiger partial charge in [0.15, 0.2) is 0 Å². The quantitative estimate of drug-likeness (QED) is 0.783. The summed E-state index contributed by atoms with van der Waals surface area (Å²) in [7, 11) is -1.76. The van der Waals surface area contributed by atoms with Crippen molar-refractivity contribution < 1.29 is 13.2 Å². The summed E-state index contributed by atoms with van der Waals surface area (Å²) in [6.45, 7) is 3.33. The summed E-state index contributed by atoms with van der Waals surface area (Å²) in [4.78, 5) is 14.4. The molecule has 1 aromatic carbocycles. The Morgan fingerprint density at radius 3 is 2.69 bits per heavy atom. The summed E-state index contributed by atoms with van der Waals surface area (Å²) >= 11 is 0. The van der Waals surface area contributed by atoms with E-state index in [4.69, 9.17) is 5.26 Å². The highest BCUT2D eigenvalue weighted by Crippen LogP contribution is 2.23. The van der Waals surface area contributed by atoms with Crippen molar-refractivity contribution in [2.75, 3.05) is 32.0 Å². The maximum atomic E-state index is 12.8. The fourth-order valence-electron chi connectivity index (χ4n) is 2.86. The van der Waals surface area contributed by atoms with Gasteiger partial charge in [0.25, 0.3) is 0 Å². The Kier molecular flexibility index (Phi) is 7.14. The zero-order valence-electron chi connectivity index (χ0n) is 15.3. The molecule has 1 amide bonds. The van der Waals surface area contributed by atoms with E-state index in [9.17, 15) is 13.2 Å². The highest BCUT2D eigenvalue weighted by atomic mass is 32.2. The fourth-order valence-corrected chi connectivity index (χ4v) is 4.42. The Labute approximate surface area is 155 Å². The van der Waals surface area contributed by atoms with Crippen LogP contribution in [0.4, 0.5) is 5.69 Å². The van der Waals surface area contributed by atoms with Gasteiger partial charge in [0.05, 0.1) is 17.0 Å². The average molecular weight is 378 g/mol. The van der Waals surface area contributed by atoms with Crippen molar-refractivity contribution in [1.82, 2.24) is 9.21 Å². The molecule has 0 saturated carbocycles. The minimum Gasteiger partial charge on any atom is -0.325 e. The molecule has 1 N–H and O–H groups in total. The second-order valence-corrected chi connectivity index (χ2v) is 8.48. The molecule has 1 aromatic rings. The maximum Gasteiger partial charge on any atom is 0.243 e. The number of carbonyl (C=O) groups excluding carboxylic acids is 1. The van der Waals surface area contributed by atoms with Gasteiger partial charge in [-0.1, -0.05) is 12.5 Å². The Morgan fingerprint density at radius 1 is 1.35 bits per heavy atom. The first-order chi connectivity index (χ1) is 12.4. The molecule has 0 bridgehead atoms. The van der Waals surface area contributed by atoms with Crippen LogP contribution in [0.2, 0.25) is 0 Å². The molecule has 1 atom stereocenters. The average Bonchev–Trinajstić information content (AvgIpc) is 2.66. The van der Waals surface area contributed by atoms with Crippen LogP contribution in [-0.4, -0.2) is 56.3 Å². The minimum atomic E-state index is -3.53. The number of anilines is 1. The number of sulfonamides is 1. The van der Waals surface area contributed by atoms with Crippen LogP contribution in [0.15, 0.2) is 29.2 Å². The smallest absolute Gasteiger partial charge is 0.243 e. The van der Waals surface area contributed by atoms with Gasteiger partial charge in [0.1, 0.15) is 0 Å². The van der Waals surface area contributed by atoms with E-state index in [0.29, 0.717) is 31.7 Å². The zero-order valence-corrected chi connectivity index (χ0v) is 16.1. The Hall–Kier alpha value is -1.95. The predicted molar refractivity (Wildman–Crippen MR) is 100 cm³/mol. The largest absolute Gasteiger partial charge is 0.325 e. The van der Waals surface area contributed by atoms with E-state index in [1.165, 1.54) is 10.4 Å².